The first-order valence-electron chi connectivity index (χ1n) is 11.2. The Morgan fingerprint density at radius 1 is 1.29 bits per heavy atom. The number of anilines is 1. The molecule has 0 saturated heterocycles. The summed E-state index contributed by atoms with van der Waals surface area (Å²) in [6, 6.07) is 4.12. The molecule has 1 heterocycles. The number of allylic oxidation sites excluding steroid dienone is 2. The van der Waals surface area contributed by atoms with Crippen molar-refractivity contribution in [3.63, 3.8) is 0 Å². The third kappa shape index (κ3) is 7.64. The zero-order valence-corrected chi connectivity index (χ0v) is 21.9. The van der Waals surface area contributed by atoms with Crippen molar-refractivity contribution < 1.29 is 18.4 Å². The minimum Gasteiger partial charge on any atom is -0.355 e. The van der Waals surface area contributed by atoms with Crippen LogP contribution in [0.1, 0.15) is 52.0 Å². The lowest BCUT2D eigenvalue weighted by molar-refractivity contribution is -0.141. The Kier molecular flexibility index (Phi) is 11.9. The van der Waals surface area contributed by atoms with Gasteiger partial charge in [0, 0.05) is 36.4 Å². The van der Waals surface area contributed by atoms with Crippen molar-refractivity contribution in [3.8, 4) is 0 Å². The minimum absolute atomic E-state index is 0.218. The summed E-state index contributed by atoms with van der Waals surface area (Å²) in [6.45, 7) is 9.68. The number of nitrogens with zero attached hydrogens (tertiary/aromatic N) is 2. The topological polar surface area (TPSA) is 61.8 Å². The molecule has 0 unspecified atom stereocenters. The number of carbonyl (C=O) groups excluding carboxylic acids is 2. The van der Waals surface area contributed by atoms with Crippen LogP contribution in [0, 0.1) is 5.92 Å². The molecule has 188 valence electrons. The molecule has 5 nitrogen and oxygen atoms in total. The standard InChI is InChI=1S/C16H20ClF2NO.C9H13ClN2O/c1-3-5-11(6-4-2)10-20-14-9-12(17)7-8-13(14)16(18,19)15(20)21;1-6(10)5-8(7(2)11-3)9(13)12-4/h7-9,11H,3-6,10H2,1-2H3;5H,1H2,2-4H3,(H,12,13)/b;8-5+,11-7?. The van der Waals surface area contributed by atoms with E-state index in [1.807, 2.05) is 0 Å². The largest absolute Gasteiger partial charge is 0.355 e. The van der Waals surface area contributed by atoms with Gasteiger partial charge in [0.15, 0.2) is 0 Å². The van der Waals surface area contributed by atoms with Gasteiger partial charge in [0.25, 0.3) is 5.91 Å². The Labute approximate surface area is 210 Å². The van der Waals surface area contributed by atoms with E-state index in [2.05, 4.69) is 30.7 Å². The summed E-state index contributed by atoms with van der Waals surface area (Å²) in [5, 5.41) is 3.17. The number of rotatable bonds is 9. The molecule has 0 radical (unpaired) electrons. The summed E-state index contributed by atoms with van der Waals surface area (Å²) in [5.74, 6) is -4.55. The summed E-state index contributed by atoms with van der Waals surface area (Å²) in [6.07, 6.45) is 5.30. The normalized spacial score (nSPS) is 15.1. The summed E-state index contributed by atoms with van der Waals surface area (Å²) >= 11 is 11.5. The van der Waals surface area contributed by atoms with Gasteiger partial charge in [-0.05, 0) is 50.0 Å². The van der Waals surface area contributed by atoms with Gasteiger partial charge in [-0.1, -0.05) is 56.5 Å². The monoisotopic (exact) mass is 515 g/mol. The van der Waals surface area contributed by atoms with E-state index in [4.69, 9.17) is 23.2 Å². The molecule has 0 bridgehead atoms. The van der Waals surface area contributed by atoms with Crippen LogP contribution in [0.25, 0.3) is 0 Å². The van der Waals surface area contributed by atoms with Crippen molar-refractivity contribution in [3.05, 3.63) is 52.0 Å². The zero-order chi connectivity index (χ0) is 26.1. The maximum Gasteiger partial charge on any atom is 0.352 e. The Hall–Kier alpha value is -2.25. The minimum atomic E-state index is -3.44. The highest BCUT2D eigenvalue weighted by molar-refractivity contribution is 6.32. The van der Waals surface area contributed by atoms with Crippen molar-refractivity contribution in [2.24, 2.45) is 10.9 Å². The number of benzene rings is 1. The number of amides is 2. The number of fused-ring (bicyclic) bond motifs is 1. The van der Waals surface area contributed by atoms with Gasteiger partial charge in [0.1, 0.15) is 0 Å². The fourth-order valence-electron chi connectivity index (χ4n) is 3.72. The van der Waals surface area contributed by atoms with Crippen molar-refractivity contribution in [2.75, 3.05) is 25.5 Å². The van der Waals surface area contributed by atoms with E-state index in [1.165, 1.54) is 29.2 Å². The lowest BCUT2D eigenvalue weighted by atomic mass is 9.97. The predicted molar refractivity (Wildman–Crippen MR) is 137 cm³/mol. The molecule has 2 rings (SSSR count). The number of aliphatic imine (C=N–C) groups is 1. The molecular weight excluding hydrogens is 483 g/mol. The number of hydrogen-bond acceptors (Lipinski definition) is 3. The van der Waals surface area contributed by atoms with Crippen molar-refractivity contribution >= 4 is 46.4 Å². The van der Waals surface area contributed by atoms with Crippen LogP contribution in [-0.2, 0) is 15.5 Å². The van der Waals surface area contributed by atoms with E-state index < -0.39 is 11.8 Å². The Morgan fingerprint density at radius 2 is 1.88 bits per heavy atom. The number of carbonyl (C=O) groups is 2. The van der Waals surface area contributed by atoms with Crippen molar-refractivity contribution in [1.29, 1.82) is 0 Å². The lowest BCUT2D eigenvalue weighted by Crippen LogP contribution is -2.37. The lowest BCUT2D eigenvalue weighted by Gasteiger charge is -2.24. The van der Waals surface area contributed by atoms with Crippen LogP contribution >= 0.6 is 23.2 Å². The first-order valence-corrected chi connectivity index (χ1v) is 11.9. The Bertz CT molecular complexity index is 955. The molecule has 0 aliphatic carbocycles. The SMILES string of the molecule is C=C(Cl)/C=C(/C(=O)NC)C(C)=NC.CCCC(CCC)CN1C(=O)C(F)(F)c2ccc(Cl)cc21. The van der Waals surface area contributed by atoms with Crippen LogP contribution in [-0.4, -0.2) is 38.2 Å². The van der Waals surface area contributed by atoms with E-state index in [-0.39, 0.29) is 23.1 Å². The zero-order valence-electron chi connectivity index (χ0n) is 20.4. The van der Waals surface area contributed by atoms with Crippen LogP contribution < -0.4 is 10.2 Å². The first kappa shape index (κ1) is 29.8. The molecule has 1 aromatic rings. The number of hydrogen-bond donors (Lipinski definition) is 1. The van der Waals surface area contributed by atoms with Gasteiger partial charge in [-0.3, -0.25) is 14.6 Å². The van der Waals surface area contributed by atoms with E-state index in [0.29, 0.717) is 27.9 Å². The second-order valence-electron chi connectivity index (χ2n) is 7.99. The van der Waals surface area contributed by atoms with E-state index in [1.54, 1.807) is 21.0 Å². The van der Waals surface area contributed by atoms with Crippen LogP contribution in [0.2, 0.25) is 5.02 Å². The van der Waals surface area contributed by atoms with Gasteiger partial charge in [0.2, 0.25) is 0 Å². The van der Waals surface area contributed by atoms with Crippen LogP contribution in [0.4, 0.5) is 14.5 Å². The van der Waals surface area contributed by atoms with Gasteiger partial charge in [0.05, 0.1) is 16.8 Å². The first-order chi connectivity index (χ1) is 15.9. The maximum atomic E-state index is 14.1. The van der Waals surface area contributed by atoms with Crippen molar-refractivity contribution in [1.82, 2.24) is 5.32 Å². The number of halogens is 4. The van der Waals surface area contributed by atoms with Crippen LogP contribution in [0.15, 0.2) is 46.5 Å². The molecule has 0 atom stereocenters. The second-order valence-corrected chi connectivity index (χ2v) is 8.91. The maximum absolute atomic E-state index is 14.1. The highest BCUT2D eigenvalue weighted by Gasteiger charge is 2.52. The molecule has 0 aromatic heterocycles. The molecule has 0 spiro atoms. The third-order valence-electron chi connectivity index (χ3n) is 5.44. The van der Waals surface area contributed by atoms with Crippen molar-refractivity contribution in [2.45, 2.75) is 52.4 Å². The summed E-state index contributed by atoms with van der Waals surface area (Å²) in [7, 11) is 3.17. The average Bonchev–Trinajstić information content (AvgIpc) is 2.97. The smallest absolute Gasteiger partial charge is 0.352 e. The van der Waals surface area contributed by atoms with Gasteiger partial charge in [-0.2, -0.15) is 8.78 Å². The molecule has 34 heavy (non-hydrogen) atoms. The van der Waals surface area contributed by atoms with E-state index >= 15 is 0 Å². The molecule has 9 heteroatoms. The van der Waals surface area contributed by atoms with Gasteiger partial charge in [-0.25, -0.2) is 0 Å². The summed E-state index contributed by atoms with van der Waals surface area (Å²) < 4.78 is 28.2. The fourth-order valence-corrected chi connectivity index (χ4v) is 3.99. The number of alkyl halides is 2. The number of nitrogens with one attached hydrogen (secondary N) is 1. The molecule has 1 aliphatic heterocycles. The quantitative estimate of drug-likeness (QED) is 0.232. The van der Waals surface area contributed by atoms with Crippen LogP contribution in [0.5, 0.6) is 0 Å². The highest BCUT2D eigenvalue weighted by Crippen LogP contribution is 2.45. The van der Waals surface area contributed by atoms with Gasteiger partial charge >= 0.3 is 11.8 Å². The highest BCUT2D eigenvalue weighted by atomic mass is 35.5. The summed E-state index contributed by atoms with van der Waals surface area (Å²) in [5.41, 5.74) is 1.09. The summed E-state index contributed by atoms with van der Waals surface area (Å²) in [4.78, 5) is 28.5. The Morgan fingerprint density at radius 3 is 2.35 bits per heavy atom. The van der Waals surface area contributed by atoms with Gasteiger partial charge < -0.3 is 10.2 Å². The second kappa shape index (κ2) is 13.6. The number of likely N-dealkylation sites (N-methyl/N-ethyl adjacent to an activating group) is 1. The predicted octanol–water partition coefficient (Wildman–Crippen LogP) is 6.50. The molecule has 1 N–H and O–H groups in total. The molecule has 1 aromatic carbocycles. The average molecular weight is 516 g/mol. The molecular formula is C25H33Cl2F2N3O2. The van der Waals surface area contributed by atoms with E-state index in [0.717, 1.165) is 25.7 Å². The molecule has 2 amide bonds. The van der Waals surface area contributed by atoms with Crippen LogP contribution in [0.3, 0.4) is 0 Å². The fraction of sp³-hybridized carbons (Fsp3) is 0.480. The van der Waals surface area contributed by atoms with Gasteiger partial charge in [-0.15, -0.1) is 0 Å². The molecule has 1 aliphatic rings. The van der Waals surface area contributed by atoms with E-state index in [9.17, 15) is 18.4 Å². The molecule has 0 fully saturated rings. The Balaban J connectivity index is 0.000000385. The molecule has 0 saturated carbocycles. The third-order valence-corrected chi connectivity index (χ3v) is 5.78.